The molecule has 6 heteroatoms. The van der Waals surface area contributed by atoms with E-state index in [9.17, 15) is 10.1 Å². The summed E-state index contributed by atoms with van der Waals surface area (Å²) in [6, 6.07) is 2.95. The molecule has 0 saturated heterocycles. The maximum atomic E-state index is 10.7. The Bertz CT molecular complexity index is 405. The minimum absolute atomic E-state index is 0.0123. The van der Waals surface area contributed by atoms with Crippen molar-refractivity contribution in [2.24, 2.45) is 0 Å². The van der Waals surface area contributed by atoms with Gasteiger partial charge >= 0.3 is 0 Å². The predicted octanol–water partition coefficient (Wildman–Crippen LogP) is 1.41. The van der Waals surface area contributed by atoms with Crippen molar-refractivity contribution in [3.05, 3.63) is 22.2 Å². The van der Waals surface area contributed by atoms with E-state index in [1.54, 1.807) is 13.1 Å². The van der Waals surface area contributed by atoms with Gasteiger partial charge < -0.3 is 14.8 Å². The lowest BCUT2D eigenvalue weighted by Gasteiger charge is -2.18. The molecule has 0 atom stereocenters. The molecule has 0 spiro atoms. The number of anilines is 1. The zero-order chi connectivity index (χ0) is 10.8. The van der Waals surface area contributed by atoms with E-state index in [1.165, 1.54) is 6.07 Å². The summed E-state index contributed by atoms with van der Waals surface area (Å²) in [6.45, 7) is 0.886. The van der Waals surface area contributed by atoms with Crippen molar-refractivity contribution in [2.75, 3.05) is 25.6 Å². The smallest absolute Gasteiger partial charge is 0.296 e. The van der Waals surface area contributed by atoms with Crippen LogP contribution in [0.2, 0.25) is 0 Å². The van der Waals surface area contributed by atoms with Gasteiger partial charge in [-0.2, -0.15) is 0 Å². The van der Waals surface area contributed by atoms with Crippen LogP contribution in [0.3, 0.4) is 0 Å². The predicted molar refractivity (Wildman–Crippen MR) is 53.6 cm³/mol. The molecule has 0 amide bonds. The maximum absolute atomic E-state index is 10.7. The molecule has 0 saturated carbocycles. The molecule has 1 aromatic rings. The molecule has 6 nitrogen and oxygen atoms in total. The first-order valence-corrected chi connectivity index (χ1v) is 4.48. The molecule has 0 aliphatic carbocycles. The first kappa shape index (κ1) is 9.57. The van der Waals surface area contributed by atoms with Crippen molar-refractivity contribution in [2.45, 2.75) is 0 Å². The van der Waals surface area contributed by atoms with E-state index in [2.05, 4.69) is 5.32 Å². The molecule has 0 fully saturated rings. The van der Waals surface area contributed by atoms with Crippen molar-refractivity contribution >= 4 is 11.4 Å². The van der Waals surface area contributed by atoms with Crippen LogP contribution in [0, 0.1) is 10.1 Å². The molecule has 2 rings (SSSR count). The topological polar surface area (TPSA) is 73.6 Å². The van der Waals surface area contributed by atoms with Gasteiger partial charge in [0.15, 0.2) is 11.5 Å². The van der Waals surface area contributed by atoms with Gasteiger partial charge in [-0.25, -0.2) is 0 Å². The molecule has 1 aromatic carbocycles. The summed E-state index contributed by atoms with van der Waals surface area (Å²) in [5.41, 5.74) is 0.408. The van der Waals surface area contributed by atoms with E-state index in [0.29, 0.717) is 30.4 Å². The third-order valence-corrected chi connectivity index (χ3v) is 2.13. The molecule has 0 unspecified atom stereocenters. The van der Waals surface area contributed by atoms with Gasteiger partial charge in [0.2, 0.25) is 0 Å². The third kappa shape index (κ3) is 1.65. The zero-order valence-electron chi connectivity index (χ0n) is 8.15. The molecule has 1 heterocycles. The van der Waals surface area contributed by atoms with Crippen LogP contribution >= 0.6 is 0 Å². The fourth-order valence-electron chi connectivity index (χ4n) is 1.43. The third-order valence-electron chi connectivity index (χ3n) is 2.13. The normalized spacial score (nSPS) is 13.4. The number of nitrogens with one attached hydrogen (secondary N) is 1. The number of nitro benzene ring substituents is 1. The van der Waals surface area contributed by atoms with Crippen LogP contribution in [0.1, 0.15) is 0 Å². The van der Waals surface area contributed by atoms with E-state index in [0.717, 1.165) is 0 Å². The quantitative estimate of drug-likeness (QED) is 0.590. The van der Waals surface area contributed by atoms with Crippen LogP contribution in [0.4, 0.5) is 11.4 Å². The summed E-state index contributed by atoms with van der Waals surface area (Å²) in [4.78, 5) is 10.3. The molecular formula is C9H10N2O4. The van der Waals surface area contributed by atoms with E-state index in [-0.39, 0.29) is 5.69 Å². The summed E-state index contributed by atoms with van der Waals surface area (Å²) < 4.78 is 10.6. The highest BCUT2D eigenvalue weighted by Crippen LogP contribution is 2.38. The van der Waals surface area contributed by atoms with Gasteiger partial charge in [0.05, 0.1) is 11.0 Å². The van der Waals surface area contributed by atoms with Crippen LogP contribution in [-0.4, -0.2) is 25.2 Å². The number of benzene rings is 1. The van der Waals surface area contributed by atoms with Crippen LogP contribution in [0.15, 0.2) is 12.1 Å². The van der Waals surface area contributed by atoms with Gasteiger partial charge in [0.25, 0.3) is 5.69 Å². The molecule has 80 valence electrons. The molecule has 0 aromatic heterocycles. The summed E-state index contributed by atoms with van der Waals surface area (Å²) in [5.74, 6) is 0.961. The van der Waals surface area contributed by atoms with Crippen LogP contribution in [-0.2, 0) is 0 Å². The summed E-state index contributed by atoms with van der Waals surface area (Å²) >= 11 is 0. The van der Waals surface area contributed by atoms with Gasteiger partial charge in [-0.3, -0.25) is 10.1 Å². The number of ether oxygens (including phenoxy) is 2. The number of hydrogen-bond acceptors (Lipinski definition) is 5. The van der Waals surface area contributed by atoms with E-state index >= 15 is 0 Å². The monoisotopic (exact) mass is 210 g/mol. The Morgan fingerprint density at radius 3 is 2.47 bits per heavy atom. The molecule has 1 aliphatic heterocycles. The van der Waals surface area contributed by atoms with E-state index in [1.807, 2.05) is 0 Å². The second-order valence-electron chi connectivity index (χ2n) is 3.02. The zero-order valence-corrected chi connectivity index (χ0v) is 8.15. The number of rotatable bonds is 2. The SMILES string of the molecule is CNc1cc2c(cc1[N+](=O)[O-])OCCO2. The Labute approximate surface area is 86.0 Å². The average molecular weight is 210 g/mol. The molecule has 0 radical (unpaired) electrons. The van der Waals surface area contributed by atoms with Crippen LogP contribution in [0.5, 0.6) is 11.5 Å². The lowest BCUT2D eigenvalue weighted by atomic mass is 10.2. The summed E-state index contributed by atoms with van der Waals surface area (Å²) in [7, 11) is 1.62. The van der Waals surface area contributed by atoms with Crippen LogP contribution < -0.4 is 14.8 Å². The van der Waals surface area contributed by atoms with Crippen molar-refractivity contribution in [1.82, 2.24) is 0 Å². The fourth-order valence-corrected chi connectivity index (χ4v) is 1.43. The van der Waals surface area contributed by atoms with Gasteiger partial charge in [-0.15, -0.1) is 0 Å². The van der Waals surface area contributed by atoms with Crippen molar-refractivity contribution in [1.29, 1.82) is 0 Å². The van der Waals surface area contributed by atoms with Gasteiger partial charge in [-0.1, -0.05) is 0 Å². The van der Waals surface area contributed by atoms with Crippen LogP contribution in [0.25, 0.3) is 0 Å². The van der Waals surface area contributed by atoms with E-state index < -0.39 is 4.92 Å². The maximum Gasteiger partial charge on any atom is 0.296 e. The molecule has 1 aliphatic rings. The second-order valence-corrected chi connectivity index (χ2v) is 3.02. The Morgan fingerprint density at radius 2 is 1.93 bits per heavy atom. The Balaban J connectivity index is 2.51. The number of hydrogen-bond donors (Lipinski definition) is 1. The van der Waals surface area contributed by atoms with Gasteiger partial charge in [-0.05, 0) is 0 Å². The minimum atomic E-state index is -0.454. The van der Waals surface area contributed by atoms with Gasteiger partial charge in [0, 0.05) is 13.1 Å². The highest BCUT2D eigenvalue weighted by atomic mass is 16.6. The average Bonchev–Trinajstić information content (AvgIpc) is 2.27. The first-order valence-electron chi connectivity index (χ1n) is 4.48. The van der Waals surface area contributed by atoms with Crippen molar-refractivity contribution in [3.8, 4) is 11.5 Å². The van der Waals surface area contributed by atoms with Gasteiger partial charge in [0.1, 0.15) is 18.9 Å². The Kier molecular flexibility index (Phi) is 2.32. The number of fused-ring (bicyclic) bond motifs is 1. The largest absolute Gasteiger partial charge is 0.486 e. The highest BCUT2D eigenvalue weighted by molar-refractivity contribution is 5.68. The minimum Gasteiger partial charge on any atom is -0.486 e. The molecular weight excluding hydrogens is 200 g/mol. The molecule has 15 heavy (non-hydrogen) atoms. The standard InChI is InChI=1S/C9H10N2O4/c1-10-6-4-8-9(15-3-2-14-8)5-7(6)11(12)13/h4-5,10H,2-3H2,1H3. The Morgan fingerprint density at radius 1 is 1.33 bits per heavy atom. The first-order chi connectivity index (χ1) is 7.22. The second kappa shape index (κ2) is 3.64. The number of nitro groups is 1. The summed E-state index contributed by atoms with van der Waals surface area (Å²) in [6.07, 6.45) is 0. The highest BCUT2D eigenvalue weighted by Gasteiger charge is 2.21. The number of nitrogens with zero attached hydrogens (tertiary/aromatic N) is 1. The molecule has 0 bridgehead atoms. The molecule has 1 N–H and O–H groups in total. The lowest BCUT2D eigenvalue weighted by Crippen LogP contribution is -2.15. The van der Waals surface area contributed by atoms with Crippen molar-refractivity contribution in [3.63, 3.8) is 0 Å². The lowest BCUT2D eigenvalue weighted by molar-refractivity contribution is -0.384. The van der Waals surface area contributed by atoms with E-state index in [4.69, 9.17) is 9.47 Å². The fraction of sp³-hybridized carbons (Fsp3) is 0.333. The Hall–Kier alpha value is -1.98. The van der Waals surface area contributed by atoms with Crippen molar-refractivity contribution < 1.29 is 14.4 Å². The summed E-state index contributed by atoms with van der Waals surface area (Å²) in [5, 5.41) is 13.5.